The van der Waals surface area contributed by atoms with E-state index in [2.05, 4.69) is 54.0 Å². The summed E-state index contributed by atoms with van der Waals surface area (Å²) in [5.74, 6) is 1.21. The topological polar surface area (TPSA) is 6.48 Å². The third-order valence-electron chi connectivity index (χ3n) is 3.99. The zero-order valence-electron chi connectivity index (χ0n) is 12.9. The van der Waals surface area contributed by atoms with Gasteiger partial charge in [0.05, 0.1) is 0 Å². The minimum atomic E-state index is 0.704. The second-order valence-electron chi connectivity index (χ2n) is 5.84. The van der Waals surface area contributed by atoms with E-state index in [0.29, 0.717) is 6.04 Å². The molecule has 20 heavy (non-hydrogen) atoms. The first kappa shape index (κ1) is 15.9. The Hall–Kier alpha value is -0.510. The maximum atomic E-state index is 2.65. The summed E-state index contributed by atoms with van der Waals surface area (Å²) in [4.78, 5) is 6.66. The van der Waals surface area contributed by atoms with Crippen LogP contribution < -0.4 is 0 Å². The first-order chi connectivity index (χ1) is 9.75. The van der Waals surface area contributed by atoms with Gasteiger partial charge in [-0.15, -0.1) is 11.8 Å². The van der Waals surface area contributed by atoms with Crippen molar-refractivity contribution in [1.29, 1.82) is 0 Å². The molecule has 0 saturated carbocycles. The lowest BCUT2D eigenvalue weighted by Crippen LogP contribution is -2.40. The third kappa shape index (κ3) is 5.47. The highest BCUT2D eigenvalue weighted by Crippen LogP contribution is 2.17. The van der Waals surface area contributed by atoms with Gasteiger partial charge in [-0.1, -0.05) is 18.2 Å². The van der Waals surface area contributed by atoms with Crippen molar-refractivity contribution in [3.63, 3.8) is 0 Å². The van der Waals surface area contributed by atoms with Crippen LogP contribution in [0.4, 0.5) is 0 Å². The first-order valence-electron chi connectivity index (χ1n) is 7.90. The molecule has 0 aromatic heterocycles. The highest BCUT2D eigenvalue weighted by molar-refractivity contribution is 7.99. The number of benzene rings is 1. The minimum absolute atomic E-state index is 0.704. The molecule has 1 aromatic rings. The Morgan fingerprint density at radius 3 is 2.25 bits per heavy atom. The van der Waals surface area contributed by atoms with Gasteiger partial charge >= 0.3 is 0 Å². The van der Waals surface area contributed by atoms with E-state index >= 15 is 0 Å². The van der Waals surface area contributed by atoms with Crippen molar-refractivity contribution in [2.75, 3.05) is 38.5 Å². The summed E-state index contributed by atoms with van der Waals surface area (Å²) in [5, 5.41) is 0. The SMILES string of the molecule is CC(C)N1CCCN(CCSc2ccccc2)CCC1. The number of thioether (sulfide) groups is 1. The molecule has 2 rings (SSSR count). The van der Waals surface area contributed by atoms with Crippen LogP contribution in [0.2, 0.25) is 0 Å². The van der Waals surface area contributed by atoms with Gasteiger partial charge in [0.1, 0.15) is 0 Å². The second-order valence-corrected chi connectivity index (χ2v) is 7.01. The predicted molar refractivity (Wildman–Crippen MR) is 89.5 cm³/mol. The highest BCUT2D eigenvalue weighted by Gasteiger charge is 2.14. The van der Waals surface area contributed by atoms with Crippen LogP contribution in [0.5, 0.6) is 0 Å². The van der Waals surface area contributed by atoms with Gasteiger partial charge < -0.3 is 9.80 Å². The molecule has 3 heteroatoms. The maximum Gasteiger partial charge on any atom is 0.0108 e. The van der Waals surface area contributed by atoms with Crippen molar-refractivity contribution < 1.29 is 0 Å². The second kappa shape index (κ2) is 8.71. The van der Waals surface area contributed by atoms with Crippen LogP contribution in [0, 0.1) is 0 Å². The summed E-state index contributed by atoms with van der Waals surface area (Å²) < 4.78 is 0. The average molecular weight is 292 g/mol. The molecule has 1 aromatic carbocycles. The quantitative estimate of drug-likeness (QED) is 0.766. The fourth-order valence-electron chi connectivity index (χ4n) is 2.77. The molecule has 1 aliphatic rings. The van der Waals surface area contributed by atoms with E-state index < -0.39 is 0 Å². The van der Waals surface area contributed by atoms with Gasteiger partial charge in [0.15, 0.2) is 0 Å². The Balaban J connectivity index is 1.67. The number of hydrogen-bond donors (Lipinski definition) is 0. The van der Waals surface area contributed by atoms with Crippen molar-refractivity contribution in [2.45, 2.75) is 37.6 Å². The summed E-state index contributed by atoms with van der Waals surface area (Å²) >= 11 is 1.98. The van der Waals surface area contributed by atoms with E-state index in [1.165, 1.54) is 56.2 Å². The number of nitrogens with zero attached hydrogens (tertiary/aromatic N) is 2. The fourth-order valence-corrected chi connectivity index (χ4v) is 3.70. The van der Waals surface area contributed by atoms with Gasteiger partial charge in [0.2, 0.25) is 0 Å². The van der Waals surface area contributed by atoms with Gasteiger partial charge in [-0.05, 0) is 65.0 Å². The molecule has 1 saturated heterocycles. The Bertz CT molecular complexity index is 357. The monoisotopic (exact) mass is 292 g/mol. The zero-order valence-corrected chi connectivity index (χ0v) is 13.7. The number of rotatable bonds is 5. The van der Waals surface area contributed by atoms with Gasteiger partial charge in [-0.2, -0.15) is 0 Å². The van der Waals surface area contributed by atoms with Crippen molar-refractivity contribution >= 4 is 11.8 Å². The molecular weight excluding hydrogens is 264 g/mol. The summed E-state index contributed by atoms with van der Waals surface area (Å²) in [6.45, 7) is 10.9. The molecule has 0 radical (unpaired) electrons. The molecule has 0 amide bonds. The van der Waals surface area contributed by atoms with Gasteiger partial charge in [0, 0.05) is 23.2 Å². The average Bonchev–Trinajstić information content (AvgIpc) is 2.42. The summed E-state index contributed by atoms with van der Waals surface area (Å²) in [7, 11) is 0. The van der Waals surface area contributed by atoms with E-state index in [1.54, 1.807) is 0 Å². The van der Waals surface area contributed by atoms with Crippen LogP contribution in [-0.2, 0) is 0 Å². The fraction of sp³-hybridized carbons (Fsp3) is 0.647. The highest BCUT2D eigenvalue weighted by atomic mass is 32.2. The van der Waals surface area contributed by atoms with E-state index in [-0.39, 0.29) is 0 Å². The molecule has 0 spiro atoms. The standard InChI is InChI=1S/C17H28N2S/c1-16(2)19-12-6-10-18(11-7-13-19)14-15-20-17-8-4-3-5-9-17/h3-5,8-9,16H,6-7,10-15H2,1-2H3. The molecule has 1 fully saturated rings. The summed E-state index contributed by atoms with van der Waals surface area (Å²) in [6.07, 6.45) is 2.63. The van der Waals surface area contributed by atoms with Crippen LogP contribution in [0.15, 0.2) is 35.2 Å². The lowest BCUT2D eigenvalue weighted by Gasteiger charge is -2.32. The molecule has 0 N–H and O–H groups in total. The first-order valence-corrected chi connectivity index (χ1v) is 8.88. The largest absolute Gasteiger partial charge is 0.302 e. The lowest BCUT2D eigenvalue weighted by atomic mass is 10.2. The molecule has 1 aliphatic heterocycles. The number of hydrogen-bond acceptors (Lipinski definition) is 3. The Labute approximate surface area is 128 Å². The third-order valence-corrected chi connectivity index (χ3v) is 4.98. The van der Waals surface area contributed by atoms with Crippen LogP contribution in [0.25, 0.3) is 0 Å². The summed E-state index contributed by atoms with van der Waals surface area (Å²) in [5.41, 5.74) is 0. The minimum Gasteiger partial charge on any atom is -0.302 e. The van der Waals surface area contributed by atoms with Crippen LogP contribution in [-0.4, -0.2) is 54.3 Å². The molecule has 0 atom stereocenters. The Morgan fingerprint density at radius 2 is 1.65 bits per heavy atom. The molecule has 1 heterocycles. The molecule has 0 unspecified atom stereocenters. The van der Waals surface area contributed by atoms with Crippen LogP contribution >= 0.6 is 11.8 Å². The Morgan fingerprint density at radius 1 is 1.00 bits per heavy atom. The van der Waals surface area contributed by atoms with Crippen LogP contribution in [0.3, 0.4) is 0 Å². The lowest BCUT2D eigenvalue weighted by molar-refractivity contribution is 0.161. The van der Waals surface area contributed by atoms with Crippen molar-refractivity contribution in [1.82, 2.24) is 9.80 Å². The molecule has 2 nitrogen and oxygen atoms in total. The summed E-state index contributed by atoms with van der Waals surface area (Å²) in [6, 6.07) is 11.5. The van der Waals surface area contributed by atoms with Gasteiger partial charge in [-0.3, -0.25) is 0 Å². The Kier molecular flexibility index (Phi) is 6.91. The van der Waals surface area contributed by atoms with Gasteiger partial charge in [0.25, 0.3) is 0 Å². The molecule has 0 bridgehead atoms. The van der Waals surface area contributed by atoms with Gasteiger partial charge in [-0.25, -0.2) is 0 Å². The zero-order chi connectivity index (χ0) is 14.2. The van der Waals surface area contributed by atoms with Crippen molar-refractivity contribution in [2.24, 2.45) is 0 Å². The maximum absolute atomic E-state index is 2.65. The van der Waals surface area contributed by atoms with Crippen molar-refractivity contribution in [3.05, 3.63) is 30.3 Å². The normalized spacial score (nSPS) is 18.9. The van der Waals surface area contributed by atoms with E-state index in [1.807, 2.05) is 11.8 Å². The molecule has 0 aliphatic carbocycles. The van der Waals surface area contributed by atoms with E-state index in [0.717, 1.165) is 0 Å². The molecule has 112 valence electrons. The van der Waals surface area contributed by atoms with Crippen molar-refractivity contribution in [3.8, 4) is 0 Å². The predicted octanol–water partition coefficient (Wildman–Crippen LogP) is 3.58. The van der Waals surface area contributed by atoms with E-state index in [4.69, 9.17) is 0 Å². The molecular formula is C17H28N2S. The smallest absolute Gasteiger partial charge is 0.0108 e. The van der Waals surface area contributed by atoms with E-state index in [9.17, 15) is 0 Å². The van der Waals surface area contributed by atoms with Crippen LogP contribution in [0.1, 0.15) is 26.7 Å².